The van der Waals surface area contributed by atoms with Gasteiger partial charge in [-0.25, -0.2) is 9.69 Å². The van der Waals surface area contributed by atoms with E-state index in [0.717, 1.165) is 11.3 Å². The van der Waals surface area contributed by atoms with E-state index in [2.05, 4.69) is 10.3 Å². The summed E-state index contributed by atoms with van der Waals surface area (Å²) in [7, 11) is 0. The van der Waals surface area contributed by atoms with Gasteiger partial charge in [-0.2, -0.15) is 4.99 Å². The Kier molecular flexibility index (Phi) is 4.52. The van der Waals surface area contributed by atoms with Gasteiger partial charge in [0.25, 0.3) is 5.91 Å². The molecule has 3 amide bonds. The van der Waals surface area contributed by atoms with Crippen LogP contribution in [0.2, 0.25) is 0 Å². The van der Waals surface area contributed by atoms with Crippen molar-refractivity contribution in [1.29, 1.82) is 5.41 Å². The van der Waals surface area contributed by atoms with E-state index in [1.807, 2.05) is 6.92 Å². The summed E-state index contributed by atoms with van der Waals surface area (Å²) < 4.78 is 5.54. The second-order valence-corrected chi connectivity index (χ2v) is 6.04. The van der Waals surface area contributed by atoms with Crippen LogP contribution < -0.4 is 5.32 Å². The van der Waals surface area contributed by atoms with E-state index in [1.165, 1.54) is 4.90 Å². The summed E-state index contributed by atoms with van der Waals surface area (Å²) in [5.74, 6) is -0.761. The summed E-state index contributed by atoms with van der Waals surface area (Å²) in [4.78, 5) is 31.6. The molecule has 3 rings (SSSR count). The Hall–Kier alpha value is -2.04. The van der Waals surface area contributed by atoms with Crippen LogP contribution in [0.15, 0.2) is 4.99 Å². The molecule has 3 heterocycles. The maximum absolute atomic E-state index is 12.8. The van der Waals surface area contributed by atoms with Crippen molar-refractivity contribution >= 4 is 23.7 Å². The van der Waals surface area contributed by atoms with Crippen LogP contribution in [0.4, 0.5) is 4.79 Å². The smallest absolute Gasteiger partial charge is 0.328 e. The van der Waals surface area contributed by atoms with Crippen LogP contribution in [0, 0.1) is 5.41 Å². The standard InChI is InChI=1S/C14H21N5O5/c1-2-3-4-18-9-10(16-13(15)17-11(9)22)19(14(18)23)12-8(21)5-7(6-20)24-12/h7-9,12,20-21H,2-6H2,1H3,(H2,15,17,22)/t7-,8+,9?,12+/m0/s1. The highest BCUT2D eigenvalue weighted by Crippen LogP contribution is 2.31. The number of guanidine groups is 1. The summed E-state index contributed by atoms with van der Waals surface area (Å²) >= 11 is 0. The van der Waals surface area contributed by atoms with Crippen molar-refractivity contribution in [1.82, 2.24) is 15.1 Å². The number of amides is 3. The first-order chi connectivity index (χ1) is 11.5. The number of carbonyl (C=O) groups excluding carboxylic acids is 2. The van der Waals surface area contributed by atoms with E-state index in [0.29, 0.717) is 13.0 Å². The minimum atomic E-state index is -1.03. The van der Waals surface area contributed by atoms with Gasteiger partial charge in [0.05, 0.1) is 12.7 Å². The number of aliphatic hydroxyl groups is 2. The van der Waals surface area contributed by atoms with Crippen molar-refractivity contribution in [2.45, 2.75) is 50.7 Å². The Morgan fingerprint density at radius 2 is 2.21 bits per heavy atom. The molecule has 10 nitrogen and oxygen atoms in total. The normalized spacial score (nSPS) is 33.0. The molecule has 0 bridgehead atoms. The summed E-state index contributed by atoms with van der Waals surface area (Å²) in [5, 5.41) is 29.3. The van der Waals surface area contributed by atoms with Crippen molar-refractivity contribution in [3.63, 3.8) is 0 Å². The molecule has 2 saturated heterocycles. The van der Waals surface area contributed by atoms with E-state index in [4.69, 9.17) is 10.1 Å². The van der Waals surface area contributed by atoms with E-state index >= 15 is 0 Å². The Labute approximate surface area is 138 Å². The summed E-state index contributed by atoms with van der Waals surface area (Å²) in [6.07, 6.45) is -0.877. The number of ether oxygens (including phenoxy) is 1. The second kappa shape index (κ2) is 6.46. The van der Waals surface area contributed by atoms with E-state index in [-0.39, 0.29) is 24.8 Å². The zero-order valence-electron chi connectivity index (χ0n) is 13.3. The molecule has 0 aromatic heterocycles. The number of carbonyl (C=O) groups is 2. The number of nitrogens with one attached hydrogen (secondary N) is 2. The summed E-state index contributed by atoms with van der Waals surface area (Å²) in [5.41, 5.74) is 0. The fraction of sp³-hybridized carbons (Fsp3) is 0.714. The molecule has 4 N–H and O–H groups in total. The van der Waals surface area contributed by atoms with Gasteiger partial charge in [0.2, 0.25) is 5.96 Å². The van der Waals surface area contributed by atoms with Crippen LogP contribution in [0.3, 0.4) is 0 Å². The third-order valence-corrected chi connectivity index (χ3v) is 4.35. The lowest BCUT2D eigenvalue weighted by Crippen LogP contribution is -2.54. The highest BCUT2D eigenvalue weighted by Gasteiger charge is 2.54. The van der Waals surface area contributed by atoms with Crippen LogP contribution in [-0.2, 0) is 9.53 Å². The molecule has 132 valence electrons. The molecule has 24 heavy (non-hydrogen) atoms. The minimum absolute atomic E-state index is 0.0903. The van der Waals surface area contributed by atoms with Crippen LogP contribution >= 0.6 is 0 Å². The average Bonchev–Trinajstić information content (AvgIpc) is 3.02. The Balaban J connectivity index is 1.94. The molecule has 0 aromatic carbocycles. The van der Waals surface area contributed by atoms with Gasteiger partial charge >= 0.3 is 6.03 Å². The molecule has 0 saturated carbocycles. The first-order valence-electron chi connectivity index (χ1n) is 8.00. The van der Waals surface area contributed by atoms with Crippen molar-refractivity contribution in [2.24, 2.45) is 4.99 Å². The van der Waals surface area contributed by atoms with E-state index < -0.39 is 36.4 Å². The monoisotopic (exact) mass is 339 g/mol. The minimum Gasteiger partial charge on any atom is -0.394 e. The average molecular weight is 339 g/mol. The fourth-order valence-electron chi connectivity index (χ4n) is 3.19. The number of aliphatic hydroxyl groups excluding tert-OH is 2. The number of amidine groups is 1. The first kappa shape index (κ1) is 16.8. The Bertz CT molecular complexity index is 594. The van der Waals surface area contributed by atoms with Gasteiger partial charge in [-0.3, -0.25) is 15.5 Å². The molecule has 0 aliphatic carbocycles. The maximum atomic E-state index is 12.8. The summed E-state index contributed by atoms with van der Waals surface area (Å²) in [6.45, 7) is 2.06. The van der Waals surface area contributed by atoms with E-state index in [9.17, 15) is 19.8 Å². The predicted octanol–water partition coefficient (Wildman–Crippen LogP) is -1.18. The largest absolute Gasteiger partial charge is 0.394 e. The maximum Gasteiger partial charge on any atom is 0.328 e. The third-order valence-electron chi connectivity index (χ3n) is 4.35. The second-order valence-electron chi connectivity index (χ2n) is 6.04. The molecule has 0 spiro atoms. The van der Waals surface area contributed by atoms with E-state index in [1.54, 1.807) is 0 Å². The molecule has 2 fully saturated rings. The molecular weight excluding hydrogens is 318 g/mol. The number of fused-ring (bicyclic) bond motifs is 1. The topological polar surface area (TPSA) is 139 Å². The molecule has 1 unspecified atom stereocenters. The number of hydrogen-bond donors (Lipinski definition) is 4. The lowest BCUT2D eigenvalue weighted by Gasteiger charge is -2.27. The SMILES string of the molecule is CCCCN1C(=O)N([C@@H]2O[C@H](CO)C[C@H]2O)C2=NC(=N)NC(=O)C21. The number of aliphatic imine (C=N–C) groups is 1. The van der Waals surface area contributed by atoms with Gasteiger partial charge in [0.15, 0.2) is 18.1 Å². The molecule has 3 aliphatic rings. The number of rotatable bonds is 5. The highest BCUT2D eigenvalue weighted by atomic mass is 16.5. The van der Waals surface area contributed by atoms with Crippen LogP contribution in [-0.4, -0.2) is 81.4 Å². The van der Waals surface area contributed by atoms with Gasteiger partial charge < -0.3 is 19.8 Å². The fourth-order valence-corrected chi connectivity index (χ4v) is 3.19. The van der Waals surface area contributed by atoms with Crippen molar-refractivity contribution in [2.75, 3.05) is 13.2 Å². The van der Waals surface area contributed by atoms with Crippen LogP contribution in [0.25, 0.3) is 0 Å². The van der Waals surface area contributed by atoms with Gasteiger partial charge in [0.1, 0.15) is 6.10 Å². The zero-order valence-corrected chi connectivity index (χ0v) is 13.3. The van der Waals surface area contributed by atoms with Gasteiger partial charge in [-0.05, 0) is 6.42 Å². The van der Waals surface area contributed by atoms with Crippen molar-refractivity contribution < 1.29 is 24.5 Å². The number of urea groups is 1. The zero-order chi connectivity index (χ0) is 17.4. The molecule has 3 aliphatic heterocycles. The molecule has 0 radical (unpaired) electrons. The number of hydrogen-bond acceptors (Lipinski definition) is 6. The highest BCUT2D eigenvalue weighted by molar-refractivity contribution is 6.25. The Morgan fingerprint density at radius 1 is 1.46 bits per heavy atom. The Morgan fingerprint density at radius 3 is 2.83 bits per heavy atom. The first-order valence-corrected chi connectivity index (χ1v) is 8.00. The van der Waals surface area contributed by atoms with Gasteiger partial charge in [-0.1, -0.05) is 13.3 Å². The molecule has 4 atom stereocenters. The third kappa shape index (κ3) is 2.66. The van der Waals surface area contributed by atoms with Gasteiger partial charge in [0, 0.05) is 13.0 Å². The molecule has 0 aromatic rings. The number of nitrogens with zero attached hydrogens (tertiary/aromatic N) is 3. The molecular formula is C14H21N5O5. The lowest BCUT2D eigenvalue weighted by atomic mass is 10.1. The predicted molar refractivity (Wildman–Crippen MR) is 82.3 cm³/mol. The quantitative estimate of drug-likeness (QED) is 0.499. The molecule has 10 heteroatoms. The van der Waals surface area contributed by atoms with Crippen molar-refractivity contribution in [3.05, 3.63) is 0 Å². The summed E-state index contributed by atoms with van der Waals surface area (Å²) in [6, 6.07) is -1.41. The van der Waals surface area contributed by atoms with Crippen LogP contribution in [0.1, 0.15) is 26.2 Å². The number of unbranched alkanes of at least 4 members (excludes halogenated alkanes) is 1. The van der Waals surface area contributed by atoms with Crippen LogP contribution in [0.5, 0.6) is 0 Å². The van der Waals surface area contributed by atoms with Crippen molar-refractivity contribution in [3.8, 4) is 0 Å². The van der Waals surface area contributed by atoms with Gasteiger partial charge in [-0.15, -0.1) is 0 Å². The lowest BCUT2D eigenvalue weighted by molar-refractivity contribution is -0.121.